The Kier molecular flexibility index (Phi) is 6.87. The molecule has 2 unspecified atom stereocenters. The van der Waals surface area contributed by atoms with Crippen LogP contribution in [-0.4, -0.2) is 67.4 Å². The highest BCUT2D eigenvalue weighted by Crippen LogP contribution is 2.34. The van der Waals surface area contributed by atoms with Crippen molar-refractivity contribution < 1.29 is 9.47 Å². The molecule has 26 heavy (non-hydrogen) atoms. The van der Waals surface area contributed by atoms with E-state index in [0.717, 1.165) is 54.3 Å². The van der Waals surface area contributed by atoms with Crippen LogP contribution in [0.4, 0.5) is 5.69 Å². The van der Waals surface area contributed by atoms with Gasteiger partial charge in [-0.3, -0.25) is 4.99 Å². The average Bonchev–Trinajstić information content (AvgIpc) is 3.07. The van der Waals surface area contributed by atoms with Crippen molar-refractivity contribution in [3.05, 3.63) is 18.2 Å². The van der Waals surface area contributed by atoms with E-state index in [9.17, 15) is 0 Å². The molecule has 2 aliphatic heterocycles. The van der Waals surface area contributed by atoms with E-state index in [4.69, 9.17) is 20.2 Å². The van der Waals surface area contributed by atoms with Crippen LogP contribution in [0.5, 0.6) is 11.5 Å². The molecule has 2 aliphatic rings. The topological polar surface area (TPSA) is 84.1 Å². The number of ether oxygens (including phenoxy) is 2. The van der Waals surface area contributed by atoms with Crippen molar-refractivity contribution in [2.24, 2.45) is 10.7 Å². The molecule has 1 aromatic rings. The molecule has 144 valence electrons. The lowest BCUT2D eigenvalue weighted by atomic mass is 10.1. The average molecular weight is 380 g/mol. The lowest BCUT2D eigenvalue weighted by Crippen LogP contribution is -2.57. The summed E-state index contributed by atoms with van der Waals surface area (Å²) in [6, 6.07) is 6.75. The lowest BCUT2D eigenvalue weighted by Gasteiger charge is -2.38. The number of hydrogen-bond donors (Lipinski definition) is 3. The van der Waals surface area contributed by atoms with Gasteiger partial charge in [-0.05, 0) is 26.0 Å². The molecule has 1 saturated heterocycles. The molecule has 7 nitrogen and oxygen atoms in total. The number of nitrogens with one attached hydrogen (secondary N) is 2. The predicted octanol–water partition coefficient (Wildman–Crippen LogP) is 1.56. The minimum atomic E-state index is 0.283. The van der Waals surface area contributed by atoms with E-state index in [0.29, 0.717) is 18.6 Å². The molecule has 4 N–H and O–H groups in total. The summed E-state index contributed by atoms with van der Waals surface area (Å²) in [6.45, 7) is 8.03. The highest BCUT2D eigenvalue weighted by molar-refractivity contribution is 7.99. The molecule has 0 saturated carbocycles. The quantitative estimate of drug-likeness (QED) is 0.393. The number of thioether (sulfide) groups is 1. The number of guanidine groups is 1. The first-order valence-electron chi connectivity index (χ1n) is 9.15. The van der Waals surface area contributed by atoms with Gasteiger partial charge in [0.15, 0.2) is 17.5 Å². The fourth-order valence-corrected chi connectivity index (χ4v) is 3.81. The molecule has 1 fully saturated rings. The Balaban J connectivity index is 1.70. The summed E-state index contributed by atoms with van der Waals surface area (Å²) >= 11 is 1.84. The lowest BCUT2D eigenvalue weighted by molar-refractivity contribution is 0.174. The van der Waals surface area contributed by atoms with Crippen molar-refractivity contribution in [3.8, 4) is 11.5 Å². The summed E-state index contributed by atoms with van der Waals surface area (Å²) in [5.74, 6) is 4.42. The molecule has 0 bridgehead atoms. The Hall–Kier alpha value is -1.64. The third kappa shape index (κ3) is 5.18. The van der Waals surface area contributed by atoms with Crippen LogP contribution < -0.4 is 25.8 Å². The molecule has 2 heterocycles. The van der Waals surface area contributed by atoms with Crippen LogP contribution in [0.15, 0.2) is 23.2 Å². The van der Waals surface area contributed by atoms with Crippen LogP contribution >= 0.6 is 11.8 Å². The summed E-state index contributed by atoms with van der Waals surface area (Å²) in [7, 11) is 0. The zero-order valence-corrected chi connectivity index (χ0v) is 16.3. The van der Waals surface area contributed by atoms with Gasteiger partial charge in [0, 0.05) is 55.0 Å². The number of fused-ring (bicyclic) bond motifs is 1. The largest absolute Gasteiger partial charge is 0.454 e. The number of anilines is 1. The van der Waals surface area contributed by atoms with Gasteiger partial charge in [-0.25, -0.2) is 0 Å². The monoisotopic (exact) mass is 379 g/mol. The van der Waals surface area contributed by atoms with Gasteiger partial charge in [-0.2, -0.15) is 11.8 Å². The smallest absolute Gasteiger partial charge is 0.231 e. The molecular weight excluding hydrogens is 350 g/mol. The SMILES string of the molecule is CC1CN(C(=NCCSCCN)Nc2ccc3c(c2)OCO3)CC(C)N1. The summed E-state index contributed by atoms with van der Waals surface area (Å²) in [6.07, 6.45) is 0. The molecular formula is C18H29N5O2S. The second kappa shape index (κ2) is 9.34. The minimum absolute atomic E-state index is 0.283. The van der Waals surface area contributed by atoms with E-state index in [2.05, 4.69) is 29.4 Å². The van der Waals surface area contributed by atoms with E-state index < -0.39 is 0 Å². The van der Waals surface area contributed by atoms with E-state index in [-0.39, 0.29) is 6.79 Å². The van der Waals surface area contributed by atoms with Crippen molar-refractivity contribution in [1.29, 1.82) is 0 Å². The Bertz CT molecular complexity index is 618. The second-order valence-corrected chi connectivity index (χ2v) is 7.90. The molecule has 0 radical (unpaired) electrons. The molecule has 0 aromatic heterocycles. The molecule has 2 atom stereocenters. The Morgan fingerprint density at radius 1 is 1.27 bits per heavy atom. The van der Waals surface area contributed by atoms with Crippen LogP contribution in [0.2, 0.25) is 0 Å². The first-order valence-corrected chi connectivity index (χ1v) is 10.3. The van der Waals surface area contributed by atoms with E-state index in [1.165, 1.54) is 0 Å². The zero-order valence-electron chi connectivity index (χ0n) is 15.5. The highest BCUT2D eigenvalue weighted by Gasteiger charge is 2.24. The van der Waals surface area contributed by atoms with Crippen LogP contribution in [0, 0.1) is 0 Å². The minimum Gasteiger partial charge on any atom is -0.454 e. The molecule has 0 spiro atoms. The first kappa shape index (κ1) is 19.1. The van der Waals surface area contributed by atoms with Gasteiger partial charge >= 0.3 is 0 Å². The number of piperazine rings is 1. The van der Waals surface area contributed by atoms with Gasteiger partial charge in [0.25, 0.3) is 0 Å². The Morgan fingerprint density at radius 2 is 2.04 bits per heavy atom. The molecule has 3 rings (SSSR count). The maximum Gasteiger partial charge on any atom is 0.231 e. The first-order chi connectivity index (χ1) is 12.7. The highest BCUT2D eigenvalue weighted by atomic mass is 32.2. The number of benzene rings is 1. The van der Waals surface area contributed by atoms with Gasteiger partial charge < -0.3 is 30.7 Å². The third-order valence-corrected chi connectivity index (χ3v) is 5.24. The number of nitrogens with zero attached hydrogens (tertiary/aromatic N) is 2. The van der Waals surface area contributed by atoms with Gasteiger partial charge in [0.2, 0.25) is 6.79 Å². The number of aliphatic imine (C=N–C) groups is 1. The van der Waals surface area contributed by atoms with Crippen molar-refractivity contribution in [3.63, 3.8) is 0 Å². The van der Waals surface area contributed by atoms with E-state index >= 15 is 0 Å². The van der Waals surface area contributed by atoms with Crippen LogP contribution in [0.25, 0.3) is 0 Å². The molecule has 0 aliphatic carbocycles. The Labute approximate surface area is 159 Å². The normalized spacial score (nSPS) is 22.6. The molecule has 1 aromatic carbocycles. The fourth-order valence-electron chi connectivity index (χ4n) is 3.22. The maximum absolute atomic E-state index is 5.56. The zero-order chi connectivity index (χ0) is 18.4. The van der Waals surface area contributed by atoms with E-state index in [1.54, 1.807) is 0 Å². The van der Waals surface area contributed by atoms with Gasteiger partial charge in [0.1, 0.15) is 0 Å². The van der Waals surface area contributed by atoms with Crippen LogP contribution in [0.3, 0.4) is 0 Å². The summed E-state index contributed by atoms with van der Waals surface area (Å²) in [5, 5.41) is 7.06. The summed E-state index contributed by atoms with van der Waals surface area (Å²) in [5.41, 5.74) is 6.52. The summed E-state index contributed by atoms with van der Waals surface area (Å²) < 4.78 is 10.9. The van der Waals surface area contributed by atoms with E-state index in [1.807, 2.05) is 30.0 Å². The van der Waals surface area contributed by atoms with Crippen molar-refractivity contribution in [1.82, 2.24) is 10.2 Å². The number of nitrogens with two attached hydrogens (primary N) is 1. The van der Waals surface area contributed by atoms with Gasteiger partial charge in [-0.1, -0.05) is 0 Å². The van der Waals surface area contributed by atoms with Gasteiger partial charge in [-0.15, -0.1) is 0 Å². The second-order valence-electron chi connectivity index (χ2n) is 6.67. The van der Waals surface area contributed by atoms with Crippen LogP contribution in [-0.2, 0) is 0 Å². The fraction of sp³-hybridized carbons (Fsp3) is 0.611. The molecule has 0 amide bonds. The standard InChI is InChI=1S/C18H29N5O2S/c1-13-10-23(11-14(2)21-13)18(20-6-8-26-7-5-19)22-15-3-4-16-17(9-15)25-12-24-16/h3-4,9,13-14,21H,5-8,10-12,19H2,1-2H3,(H,20,22). The van der Waals surface area contributed by atoms with Crippen molar-refractivity contribution in [2.75, 3.05) is 49.8 Å². The van der Waals surface area contributed by atoms with Crippen molar-refractivity contribution in [2.45, 2.75) is 25.9 Å². The number of hydrogen-bond acceptors (Lipinski definition) is 6. The predicted molar refractivity (Wildman–Crippen MR) is 109 cm³/mol. The van der Waals surface area contributed by atoms with Crippen LogP contribution in [0.1, 0.15) is 13.8 Å². The van der Waals surface area contributed by atoms with Gasteiger partial charge in [0.05, 0.1) is 6.54 Å². The maximum atomic E-state index is 5.56. The molecule has 8 heteroatoms. The number of rotatable bonds is 6. The third-order valence-electron chi connectivity index (χ3n) is 4.25. The van der Waals surface area contributed by atoms with Crippen molar-refractivity contribution >= 4 is 23.4 Å². The summed E-state index contributed by atoms with van der Waals surface area (Å²) in [4.78, 5) is 7.17. The Morgan fingerprint density at radius 3 is 2.81 bits per heavy atom.